The summed E-state index contributed by atoms with van der Waals surface area (Å²) in [6.45, 7) is 2.50. The lowest BCUT2D eigenvalue weighted by Crippen LogP contribution is -2.50. The number of anilines is 1. The van der Waals surface area contributed by atoms with Crippen molar-refractivity contribution in [2.45, 2.75) is 25.8 Å². The Labute approximate surface area is 105 Å². The van der Waals surface area contributed by atoms with Gasteiger partial charge in [-0.3, -0.25) is 0 Å². The highest BCUT2D eigenvalue weighted by Gasteiger charge is 2.36. The van der Waals surface area contributed by atoms with Gasteiger partial charge in [-0.1, -0.05) is 6.92 Å². The van der Waals surface area contributed by atoms with Crippen LogP contribution >= 0.6 is 0 Å². The summed E-state index contributed by atoms with van der Waals surface area (Å²) in [7, 11) is 0. The Kier molecular flexibility index (Phi) is 3.42. The molecule has 1 aliphatic heterocycles. The van der Waals surface area contributed by atoms with Crippen molar-refractivity contribution in [2.24, 2.45) is 5.92 Å². The summed E-state index contributed by atoms with van der Waals surface area (Å²) in [6, 6.07) is 1.32. The average molecular weight is 246 g/mol. The van der Waals surface area contributed by atoms with E-state index in [0.717, 1.165) is 12.8 Å². The molecule has 94 valence electrons. The molecule has 1 aromatic heterocycles. The Morgan fingerprint density at radius 1 is 1.56 bits per heavy atom. The van der Waals surface area contributed by atoms with Crippen LogP contribution in [0.1, 0.15) is 25.5 Å². The lowest BCUT2D eigenvalue weighted by Gasteiger charge is -2.38. The maximum absolute atomic E-state index is 11.4. The van der Waals surface area contributed by atoms with Crippen molar-refractivity contribution < 1.29 is 9.90 Å². The maximum Gasteiger partial charge on any atom is 0.326 e. The summed E-state index contributed by atoms with van der Waals surface area (Å²) in [5.74, 6) is -0.472. The third-order valence-electron chi connectivity index (χ3n) is 3.24. The number of carbonyl (C=O) groups is 1. The van der Waals surface area contributed by atoms with Gasteiger partial charge < -0.3 is 10.0 Å². The van der Waals surface area contributed by atoms with Gasteiger partial charge in [0.1, 0.15) is 12.1 Å². The zero-order chi connectivity index (χ0) is 13.1. The normalized spacial score (nSPS) is 23.4. The van der Waals surface area contributed by atoms with Gasteiger partial charge in [-0.05, 0) is 18.8 Å². The second-order valence-electron chi connectivity index (χ2n) is 4.44. The summed E-state index contributed by atoms with van der Waals surface area (Å²) in [5, 5.41) is 18.3. The van der Waals surface area contributed by atoms with Gasteiger partial charge in [0.15, 0.2) is 11.5 Å². The van der Waals surface area contributed by atoms with E-state index in [1.807, 2.05) is 13.0 Å². The fraction of sp³-hybridized carbons (Fsp3) is 0.500. The van der Waals surface area contributed by atoms with E-state index in [1.54, 1.807) is 4.90 Å². The van der Waals surface area contributed by atoms with Gasteiger partial charge in [-0.2, -0.15) is 5.26 Å². The molecule has 18 heavy (non-hydrogen) atoms. The highest BCUT2D eigenvalue weighted by Crippen LogP contribution is 2.28. The number of hydrogen-bond acceptors (Lipinski definition) is 5. The molecule has 1 aromatic rings. The van der Waals surface area contributed by atoms with Crippen LogP contribution < -0.4 is 4.90 Å². The molecule has 0 amide bonds. The smallest absolute Gasteiger partial charge is 0.326 e. The van der Waals surface area contributed by atoms with Crippen LogP contribution in [0.3, 0.4) is 0 Å². The molecule has 0 radical (unpaired) electrons. The molecule has 2 unspecified atom stereocenters. The number of rotatable bonds is 2. The molecule has 1 fully saturated rings. The van der Waals surface area contributed by atoms with Crippen LogP contribution in [0.15, 0.2) is 12.4 Å². The fourth-order valence-corrected chi connectivity index (χ4v) is 2.42. The number of aromatic nitrogens is 2. The molecule has 6 heteroatoms. The number of piperidine rings is 1. The van der Waals surface area contributed by atoms with Crippen LogP contribution in [0.5, 0.6) is 0 Å². The van der Waals surface area contributed by atoms with Crippen molar-refractivity contribution in [1.82, 2.24) is 9.97 Å². The zero-order valence-corrected chi connectivity index (χ0v) is 10.1. The minimum atomic E-state index is -0.878. The molecule has 0 bridgehead atoms. The molecule has 1 saturated heterocycles. The molecule has 1 N–H and O–H groups in total. The first-order valence-corrected chi connectivity index (χ1v) is 5.85. The van der Waals surface area contributed by atoms with Gasteiger partial charge >= 0.3 is 5.97 Å². The first-order chi connectivity index (χ1) is 8.65. The quantitative estimate of drug-likeness (QED) is 0.838. The zero-order valence-electron chi connectivity index (χ0n) is 10.1. The Hall–Kier alpha value is -2.16. The standard InChI is InChI=1S/C12H14N4O2/c1-8-3-2-6-16(10(8)12(17)18)11-9(7-13)14-4-5-15-11/h4-5,8,10H,2-3,6H2,1H3,(H,17,18). The van der Waals surface area contributed by atoms with Gasteiger partial charge in [0.2, 0.25) is 0 Å². The third-order valence-corrected chi connectivity index (χ3v) is 3.24. The molecule has 2 heterocycles. The number of hydrogen-bond donors (Lipinski definition) is 1. The SMILES string of the molecule is CC1CCCN(c2nccnc2C#N)C1C(=O)O. The second kappa shape index (κ2) is 5.00. The Balaban J connectivity index is 2.41. The largest absolute Gasteiger partial charge is 0.480 e. The van der Waals surface area contributed by atoms with E-state index in [1.165, 1.54) is 12.4 Å². The number of carboxylic acids is 1. The number of nitriles is 1. The van der Waals surface area contributed by atoms with Gasteiger partial charge in [-0.15, -0.1) is 0 Å². The molecule has 0 spiro atoms. The summed E-state index contributed by atoms with van der Waals surface area (Å²) in [5.41, 5.74) is 0.179. The Morgan fingerprint density at radius 2 is 2.28 bits per heavy atom. The first-order valence-electron chi connectivity index (χ1n) is 5.85. The van der Waals surface area contributed by atoms with Crippen molar-refractivity contribution >= 4 is 11.8 Å². The molecule has 6 nitrogen and oxygen atoms in total. The lowest BCUT2D eigenvalue weighted by atomic mass is 9.90. The first kappa shape index (κ1) is 12.3. The average Bonchev–Trinajstić information content (AvgIpc) is 2.38. The van der Waals surface area contributed by atoms with Crippen molar-refractivity contribution in [3.05, 3.63) is 18.1 Å². The topological polar surface area (TPSA) is 90.1 Å². The van der Waals surface area contributed by atoms with Gasteiger partial charge in [0.05, 0.1) is 0 Å². The van der Waals surface area contributed by atoms with Crippen LogP contribution in [-0.4, -0.2) is 33.6 Å². The van der Waals surface area contributed by atoms with Crippen molar-refractivity contribution in [3.63, 3.8) is 0 Å². The van der Waals surface area contributed by atoms with E-state index in [9.17, 15) is 9.90 Å². The van der Waals surface area contributed by atoms with E-state index >= 15 is 0 Å². The maximum atomic E-state index is 11.4. The van der Waals surface area contributed by atoms with Crippen LogP contribution in [0.4, 0.5) is 5.82 Å². The summed E-state index contributed by atoms with van der Waals surface area (Å²) < 4.78 is 0. The van der Waals surface area contributed by atoms with Gasteiger partial charge in [0.25, 0.3) is 0 Å². The number of aliphatic carboxylic acids is 1. The van der Waals surface area contributed by atoms with E-state index in [2.05, 4.69) is 9.97 Å². The number of carboxylic acid groups (broad SMARTS) is 1. The predicted molar refractivity (Wildman–Crippen MR) is 63.9 cm³/mol. The lowest BCUT2D eigenvalue weighted by molar-refractivity contribution is -0.140. The van der Waals surface area contributed by atoms with E-state index in [4.69, 9.17) is 5.26 Å². The van der Waals surface area contributed by atoms with Crippen molar-refractivity contribution in [2.75, 3.05) is 11.4 Å². The third kappa shape index (κ3) is 2.12. The van der Waals surface area contributed by atoms with Crippen LogP contribution in [0.25, 0.3) is 0 Å². The van der Waals surface area contributed by atoms with Crippen LogP contribution in [-0.2, 0) is 4.79 Å². The molecule has 0 saturated carbocycles. The highest BCUT2D eigenvalue weighted by molar-refractivity contribution is 5.79. The van der Waals surface area contributed by atoms with Crippen LogP contribution in [0, 0.1) is 17.2 Å². The highest BCUT2D eigenvalue weighted by atomic mass is 16.4. The molecular formula is C12H14N4O2. The fourth-order valence-electron chi connectivity index (χ4n) is 2.42. The predicted octanol–water partition coefficient (Wildman–Crippen LogP) is 1.04. The minimum absolute atomic E-state index is 0.0322. The number of nitrogens with zero attached hydrogens (tertiary/aromatic N) is 4. The van der Waals surface area contributed by atoms with Crippen molar-refractivity contribution in [1.29, 1.82) is 5.26 Å². The molecule has 0 aromatic carbocycles. The van der Waals surface area contributed by atoms with Gasteiger partial charge in [-0.25, -0.2) is 14.8 Å². The second-order valence-corrected chi connectivity index (χ2v) is 4.44. The van der Waals surface area contributed by atoms with Crippen molar-refractivity contribution in [3.8, 4) is 6.07 Å². The van der Waals surface area contributed by atoms with E-state index in [0.29, 0.717) is 12.4 Å². The van der Waals surface area contributed by atoms with Crippen LogP contribution in [0.2, 0.25) is 0 Å². The van der Waals surface area contributed by atoms with E-state index < -0.39 is 12.0 Å². The van der Waals surface area contributed by atoms with Gasteiger partial charge in [0, 0.05) is 18.9 Å². The molecular weight excluding hydrogens is 232 g/mol. The molecule has 1 aliphatic rings. The molecule has 0 aliphatic carbocycles. The molecule has 2 rings (SSSR count). The summed E-state index contributed by atoms with van der Waals surface area (Å²) in [6.07, 6.45) is 4.68. The summed E-state index contributed by atoms with van der Waals surface area (Å²) >= 11 is 0. The Morgan fingerprint density at radius 3 is 2.94 bits per heavy atom. The minimum Gasteiger partial charge on any atom is -0.480 e. The monoisotopic (exact) mass is 246 g/mol. The Bertz CT molecular complexity index is 497. The molecule has 2 atom stereocenters. The summed E-state index contributed by atoms with van der Waals surface area (Å²) in [4.78, 5) is 21.1. The van der Waals surface area contributed by atoms with E-state index in [-0.39, 0.29) is 11.6 Å².